The van der Waals surface area contributed by atoms with Crippen molar-refractivity contribution in [2.24, 2.45) is 0 Å². The van der Waals surface area contributed by atoms with Gasteiger partial charge in [-0.2, -0.15) is 0 Å². The van der Waals surface area contributed by atoms with E-state index in [0.717, 1.165) is 64.2 Å². The fraction of sp³-hybridized carbons (Fsp3) is 0.883. The van der Waals surface area contributed by atoms with Crippen molar-refractivity contribution in [3.63, 3.8) is 0 Å². The molecule has 0 bridgehead atoms. The Morgan fingerprint density at radius 3 is 0.675 bits per heavy atom. The summed E-state index contributed by atoms with van der Waals surface area (Å²) in [5, 5.41) is 0. The fourth-order valence-corrected chi connectivity index (χ4v) is 11.5. The first-order valence-corrected chi connectivity index (χ1v) is 37.5. The zero-order valence-corrected chi connectivity index (χ0v) is 56.2. The molecule has 0 aliphatic rings. The minimum absolute atomic E-state index is 0.0666. The average molecular weight is 1170 g/mol. The van der Waals surface area contributed by atoms with Crippen molar-refractivity contribution in [3.05, 3.63) is 36.5 Å². The number of hydrogen-bond donors (Lipinski definition) is 0. The summed E-state index contributed by atoms with van der Waals surface area (Å²) in [6, 6.07) is 0. The van der Waals surface area contributed by atoms with E-state index in [-0.39, 0.29) is 31.1 Å². The van der Waals surface area contributed by atoms with Crippen molar-refractivity contribution in [1.82, 2.24) is 0 Å². The summed E-state index contributed by atoms with van der Waals surface area (Å²) < 4.78 is 16.9. The minimum atomic E-state index is -0.768. The molecule has 0 radical (unpaired) electrons. The molecule has 0 aromatic carbocycles. The maximum Gasteiger partial charge on any atom is 0.306 e. The normalized spacial score (nSPS) is 12.2. The molecule has 6 nitrogen and oxygen atoms in total. The van der Waals surface area contributed by atoms with Crippen molar-refractivity contribution < 1.29 is 28.6 Å². The number of ether oxygens (including phenoxy) is 3. The maximum atomic E-state index is 12.9. The van der Waals surface area contributed by atoms with Gasteiger partial charge in [0.2, 0.25) is 0 Å². The van der Waals surface area contributed by atoms with E-state index in [1.807, 2.05) is 0 Å². The Morgan fingerprint density at radius 2 is 0.434 bits per heavy atom. The first kappa shape index (κ1) is 80.6. The van der Waals surface area contributed by atoms with Crippen LogP contribution >= 0.6 is 0 Å². The van der Waals surface area contributed by atoms with Gasteiger partial charge in [0.1, 0.15) is 13.2 Å². The highest BCUT2D eigenvalue weighted by molar-refractivity contribution is 5.71. The zero-order valence-electron chi connectivity index (χ0n) is 56.2. The number of rotatable bonds is 70. The van der Waals surface area contributed by atoms with Crippen LogP contribution < -0.4 is 0 Å². The lowest BCUT2D eigenvalue weighted by atomic mass is 10.0. The van der Waals surface area contributed by atoms with Crippen LogP contribution in [-0.2, 0) is 28.6 Å². The summed E-state index contributed by atoms with van der Waals surface area (Å²) in [6.45, 7) is 6.66. The Hall–Kier alpha value is -2.37. The average Bonchev–Trinajstić information content (AvgIpc) is 3.50. The Kier molecular flexibility index (Phi) is 70.0. The molecule has 0 saturated heterocycles. The molecule has 0 spiro atoms. The molecule has 0 aromatic rings. The van der Waals surface area contributed by atoms with Crippen molar-refractivity contribution in [3.8, 4) is 0 Å². The third kappa shape index (κ3) is 70.3. The summed E-state index contributed by atoms with van der Waals surface area (Å²) in [6.07, 6.45) is 90.9. The van der Waals surface area contributed by atoms with Crippen molar-refractivity contribution in [2.45, 2.75) is 425 Å². The summed E-state index contributed by atoms with van der Waals surface area (Å²) in [5.41, 5.74) is 0. The van der Waals surface area contributed by atoms with E-state index in [9.17, 15) is 14.4 Å². The molecule has 488 valence electrons. The van der Waals surface area contributed by atoms with Crippen LogP contribution in [0.3, 0.4) is 0 Å². The lowest BCUT2D eigenvalue weighted by Crippen LogP contribution is -2.30. The predicted molar refractivity (Wildman–Crippen MR) is 362 cm³/mol. The van der Waals surface area contributed by atoms with E-state index in [0.29, 0.717) is 19.3 Å². The smallest absolute Gasteiger partial charge is 0.306 e. The van der Waals surface area contributed by atoms with Gasteiger partial charge in [0.15, 0.2) is 6.10 Å². The fourth-order valence-electron chi connectivity index (χ4n) is 11.5. The maximum absolute atomic E-state index is 12.9. The Morgan fingerprint density at radius 1 is 0.241 bits per heavy atom. The van der Waals surface area contributed by atoms with Gasteiger partial charge in [-0.15, -0.1) is 0 Å². The van der Waals surface area contributed by atoms with Gasteiger partial charge in [0, 0.05) is 19.3 Å². The van der Waals surface area contributed by atoms with Crippen LogP contribution in [0.4, 0.5) is 0 Å². The molecular formula is C77H144O6. The second kappa shape index (κ2) is 72.1. The second-order valence-corrected chi connectivity index (χ2v) is 25.6. The molecule has 1 atom stereocenters. The number of carbonyl (C=O) groups excluding carboxylic acids is 3. The quantitative estimate of drug-likeness (QED) is 0.0261. The van der Waals surface area contributed by atoms with Crippen LogP contribution in [0.15, 0.2) is 36.5 Å². The molecular weight excluding hydrogens is 1020 g/mol. The number of esters is 3. The molecule has 0 aliphatic carbocycles. The van der Waals surface area contributed by atoms with Crippen LogP contribution in [0.2, 0.25) is 0 Å². The first-order valence-electron chi connectivity index (χ1n) is 37.5. The van der Waals surface area contributed by atoms with Gasteiger partial charge in [-0.25, -0.2) is 0 Å². The van der Waals surface area contributed by atoms with Gasteiger partial charge in [-0.1, -0.05) is 359 Å². The van der Waals surface area contributed by atoms with E-state index >= 15 is 0 Å². The first-order chi connectivity index (χ1) is 41.0. The largest absolute Gasteiger partial charge is 0.462 e. The summed E-state index contributed by atoms with van der Waals surface area (Å²) in [4.78, 5) is 38.2. The van der Waals surface area contributed by atoms with Gasteiger partial charge >= 0.3 is 17.9 Å². The van der Waals surface area contributed by atoms with Crippen LogP contribution in [0.25, 0.3) is 0 Å². The monoisotopic (exact) mass is 1170 g/mol. The number of hydrogen-bond acceptors (Lipinski definition) is 6. The van der Waals surface area contributed by atoms with Crippen LogP contribution in [0.5, 0.6) is 0 Å². The number of allylic oxidation sites excluding steroid dienone is 6. The lowest BCUT2D eigenvalue weighted by Gasteiger charge is -2.18. The Bertz CT molecular complexity index is 1380. The summed E-state index contributed by atoms with van der Waals surface area (Å²) >= 11 is 0. The highest BCUT2D eigenvalue weighted by Crippen LogP contribution is 2.19. The van der Waals surface area contributed by atoms with Gasteiger partial charge in [-0.05, 0) is 77.0 Å². The van der Waals surface area contributed by atoms with E-state index in [4.69, 9.17) is 14.2 Å². The summed E-state index contributed by atoms with van der Waals surface area (Å²) in [5.74, 6) is -0.846. The molecule has 0 amide bonds. The zero-order chi connectivity index (χ0) is 59.9. The van der Waals surface area contributed by atoms with E-state index in [1.165, 1.54) is 315 Å². The third-order valence-corrected chi connectivity index (χ3v) is 17.1. The number of unbranched alkanes of at least 4 members (excludes halogenated alkanes) is 53. The second-order valence-electron chi connectivity index (χ2n) is 25.6. The van der Waals surface area contributed by atoms with Crippen molar-refractivity contribution >= 4 is 17.9 Å². The molecule has 0 heterocycles. The molecule has 0 N–H and O–H groups in total. The predicted octanol–water partition coefficient (Wildman–Crippen LogP) is 25.9. The molecule has 0 fully saturated rings. The van der Waals surface area contributed by atoms with Gasteiger partial charge in [0.05, 0.1) is 0 Å². The van der Waals surface area contributed by atoms with Crippen LogP contribution in [0.1, 0.15) is 419 Å². The third-order valence-electron chi connectivity index (χ3n) is 17.1. The van der Waals surface area contributed by atoms with Crippen LogP contribution in [-0.4, -0.2) is 37.2 Å². The molecule has 0 aromatic heterocycles. The number of carbonyl (C=O) groups is 3. The van der Waals surface area contributed by atoms with Gasteiger partial charge in [-0.3, -0.25) is 14.4 Å². The molecule has 1 unspecified atom stereocenters. The van der Waals surface area contributed by atoms with Crippen molar-refractivity contribution in [1.29, 1.82) is 0 Å². The van der Waals surface area contributed by atoms with Gasteiger partial charge in [0.25, 0.3) is 0 Å². The van der Waals surface area contributed by atoms with Crippen molar-refractivity contribution in [2.75, 3.05) is 13.2 Å². The minimum Gasteiger partial charge on any atom is -0.462 e. The molecule has 0 aliphatic heterocycles. The Balaban J connectivity index is 3.97. The highest BCUT2D eigenvalue weighted by atomic mass is 16.6. The topological polar surface area (TPSA) is 78.9 Å². The molecule has 83 heavy (non-hydrogen) atoms. The van der Waals surface area contributed by atoms with Gasteiger partial charge < -0.3 is 14.2 Å². The molecule has 6 heteroatoms. The van der Waals surface area contributed by atoms with E-state index in [1.54, 1.807) is 0 Å². The molecule has 0 saturated carbocycles. The van der Waals surface area contributed by atoms with Crippen LogP contribution in [0, 0.1) is 0 Å². The Labute approximate surface area is 518 Å². The standard InChI is InChI=1S/C77H144O6/c1-4-7-10-13-16-18-20-22-24-26-28-30-32-34-35-36-37-38-39-40-41-43-44-46-48-50-52-54-56-58-61-64-67-70-76(79)82-73-74(72-81-75(78)69-66-63-60-15-12-9-6-3)83-77(80)71-68-65-62-59-57-55-53-51-49-47-45-42-33-31-29-27-25-23-21-19-17-14-11-8-5-2/h21,23,26-29,74H,4-20,22,24-25,30-73H2,1-3H3/b23-21-,28-26-,29-27-. The molecule has 0 rings (SSSR count). The highest BCUT2D eigenvalue weighted by Gasteiger charge is 2.20. The van der Waals surface area contributed by atoms with E-state index in [2.05, 4.69) is 57.2 Å². The SMILES string of the molecule is CCCCCCC/C=C\C/C=C\CCCCCCCCCCCCCCCC(=O)OC(COC(=O)CCCCCCCCC)COC(=O)CCCCCCCCCCCCCCCCCCCCCCC/C=C\CCCCCCCCCC. The lowest BCUT2D eigenvalue weighted by molar-refractivity contribution is -0.167. The van der Waals surface area contributed by atoms with E-state index < -0.39 is 6.10 Å². The summed E-state index contributed by atoms with van der Waals surface area (Å²) in [7, 11) is 0.